The maximum Gasteiger partial charge on any atom is 0.298 e. The molecule has 0 unspecified atom stereocenters. The Hall–Kier alpha value is -2.82. The molecule has 1 saturated heterocycles. The average molecular weight is 413 g/mol. The molecule has 1 N–H and O–H groups in total. The molecule has 152 valence electrons. The molecule has 0 aliphatic carbocycles. The number of likely N-dealkylation sites (tertiary alicyclic amines) is 1. The van der Waals surface area contributed by atoms with Crippen molar-refractivity contribution in [2.24, 2.45) is 5.92 Å². The van der Waals surface area contributed by atoms with E-state index in [1.54, 1.807) is 17.0 Å². The van der Waals surface area contributed by atoms with Crippen molar-refractivity contribution in [3.63, 3.8) is 0 Å². The number of rotatable bonds is 5. The average Bonchev–Trinajstić information content (AvgIpc) is 2.77. The number of amides is 1. The number of nitrogens with zero attached hydrogens (tertiary/aromatic N) is 1. The van der Waals surface area contributed by atoms with Gasteiger partial charge in [0.25, 0.3) is 5.91 Å². The third-order valence-electron chi connectivity index (χ3n) is 4.83. The van der Waals surface area contributed by atoms with Crippen LogP contribution >= 0.6 is 0 Å². The van der Waals surface area contributed by atoms with E-state index in [2.05, 4.69) is 16.6 Å². The molecule has 1 amide bonds. The van der Waals surface area contributed by atoms with Gasteiger partial charge in [0.15, 0.2) is 0 Å². The summed E-state index contributed by atoms with van der Waals surface area (Å²) in [5.41, 5.74) is 0.793. The van der Waals surface area contributed by atoms with Crippen molar-refractivity contribution in [2.75, 3.05) is 26.7 Å². The summed E-state index contributed by atoms with van der Waals surface area (Å²) in [5, 5.41) is 0. The highest BCUT2D eigenvalue weighted by atomic mass is 32.2. The van der Waals surface area contributed by atoms with Gasteiger partial charge >= 0.3 is 0 Å². The molecule has 0 radical (unpaired) electrons. The number of hydrogen-bond acceptors (Lipinski definition) is 4. The summed E-state index contributed by atoms with van der Waals surface area (Å²) < 4.78 is 32.7. The molecule has 2 aromatic carbocycles. The number of carbonyl (C=O) groups is 1. The highest BCUT2D eigenvalue weighted by Crippen LogP contribution is 2.18. The Kier molecular flexibility index (Phi) is 6.91. The van der Waals surface area contributed by atoms with Crippen molar-refractivity contribution in [2.45, 2.75) is 17.7 Å². The Labute approximate surface area is 171 Å². The zero-order chi connectivity index (χ0) is 20.7. The normalized spacial score (nSPS) is 16.6. The molecule has 1 aliphatic heterocycles. The number of benzene rings is 2. The highest BCUT2D eigenvalue weighted by Gasteiger charge is 2.24. The summed E-state index contributed by atoms with van der Waals surface area (Å²) in [4.78, 5) is 14.3. The van der Waals surface area contributed by atoms with E-state index in [1.165, 1.54) is 19.2 Å². The van der Waals surface area contributed by atoms with Gasteiger partial charge < -0.3 is 9.64 Å². The first-order chi connectivity index (χ1) is 14.0. The van der Waals surface area contributed by atoms with E-state index in [-0.39, 0.29) is 23.3 Å². The van der Waals surface area contributed by atoms with Gasteiger partial charge in [-0.25, -0.2) is 13.1 Å². The lowest BCUT2D eigenvalue weighted by atomic mass is 9.98. The first kappa shape index (κ1) is 20.9. The molecule has 7 heteroatoms. The number of piperidine rings is 1. The maximum absolute atomic E-state index is 12.5. The molecule has 6 nitrogen and oxygen atoms in total. The number of carbonyl (C=O) groups excluding carboxylic acids is 1. The predicted octanol–water partition coefficient (Wildman–Crippen LogP) is 2.26. The third-order valence-corrected chi connectivity index (χ3v) is 6.27. The molecule has 0 aromatic heterocycles. The highest BCUT2D eigenvalue weighted by molar-refractivity contribution is 7.89. The zero-order valence-electron chi connectivity index (χ0n) is 16.3. The third kappa shape index (κ3) is 5.83. The van der Waals surface area contributed by atoms with E-state index in [9.17, 15) is 13.2 Å². The molecule has 29 heavy (non-hydrogen) atoms. The molecule has 0 bridgehead atoms. The lowest BCUT2D eigenvalue weighted by Gasteiger charge is -2.31. The first-order valence-electron chi connectivity index (χ1n) is 9.47. The van der Waals surface area contributed by atoms with Crippen LogP contribution in [0.25, 0.3) is 0 Å². The van der Waals surface area contributed by atoms with Crippen LogP contribution in [0.4, 0.5) is 0 Å². The minimum absolute atomic E-state index is 0.0549. The quantitative estimate of drug-likeness (QED) is 0.765. The van der Waals surface area contributed by atoms with Gasteiger partial charge in [-0.2, -0.15) is 0 Å². The molecule has 1 fully saturated rings. The number of hydrogen-bond donors (Lipinski definition) is 1. The van der Waals surface area contributed by atoms with Gasteiger partial charge in [-0.1, -0.05) is 24.1 Å². The van der Waals surface area contributed by atoms with E-state index >= 15 is 0 Å². The second-order valence-corrected chi connectivity index (χ2v) is 8.67. The number of nitrogens with one attached hydrogen (secondary N) is 1. The van der Waals surface area contributed by atoms with Crippen molar-refractivity contribution < 1.29 is 17.9 Å². The number of sulfonamides is 1. The lowest BCUT2D eigenvalue weighted by Crippen LogP contribution is -2.43. The van der Waals surface area contributed by atoms with Gasteiger partial charge in [0.05, 0.1) is 12.0 Å². The van der Waals surface area contributed by atoms with Crippen molar-refractivity contribution in [1.82, 2.24) is 9.62 Å². The Morgan fingerprint density at radius 2 is 1.90 bits per heavy atom. The van der Waals surface area contributed by atoms with Gasteiger partial charge in [0.1, 0.15) is 5.75 Å². The molecule has 0 spiro atoms. The fourth-order valence-corrected chi connectivity index (χ4v) is 4.32. The standard InChI is InChI=1S/C22H24N2O4S/c1-28-20-10-12-21(13-11-20)29(26,27)23-16-19-8-5-15-24(17-19)22(25)14-9-18-6-3-2-4-7-18/h2-4,6-7,10-13,19,23H,5,8,15-17H2,1H3/t19-/m1/s1. The summed E-state index contributed by atoms with van der Waals surface area (Å²) in [6.07, 6.45) is 1.69. The number of methoxy groups -OCH3 is 1. The first-order valence-corrected chi connectivity index (χ1v) is 11.0. The van der Waals surface area contributed by atoms with Crippen LogP contribution < -0.4 is 9.46 Å². The van der Waals surface area contributed by atoms with Crippen LogP contribution in [-0.2, 0) is 14.8 Å². The summed E-state index contributed by atoms with van der Waals surface area (Å²) in [6, 6.07) is 15.6. The van der Waals surface area contributed by atoms with Crippen LogP contribution in [0, 0.1) is 17.8 Å². The van der Waals surface area contributed by atoms with Gasteiger partial charge in [0, 0.05) is 31.1 Å². The van der Waals surface area contributed by atoms with Crippen molar-refractivity contribution >= 4 is 15.9 Å². The molecular formula is C22H24N2O4S. The molecule has 3 rings (SSSR count). The van der Waals surface area contributed by atoms with Crippen LogP contribution in [0.1, 0.15) is 18.4 Å². The van der Waals surface area contributed by atoms with Crippen LogP contribution in [0.3, 0.4) is 0 Å². The van der Waals surface area contributed by atoms with Crippen LogP contribution in [0.15, 0.2) is 59.5 Å². The van der Waals surface area contributed by atoms with Crippen molar-refractivity contribution in [3.05, 3.63) is 60.2 Å². The fraction of sp³-hybridized carbons (Fsp3) is 0.318. The van der Waals surface area contributed by atoms with E-state index in [1.807, 2.05) is 30.3 Å². The monoisotopic (exact) mass is 412 g/mol. The van der Waals surface area contributed by atoms with E-state index < -0.39 is 10.0 Å². The second-order valence-electron chi connectivity index (χ2n) is 6.90. The molecular weight excluding hydrogens is 388 g/mol. The summed E-state index contributed by atoms with van der Waals surface area (Å²) in [6.45, 7) is 1.42. The van der Waals surface area contributed by atoms with Gasteiger partial charge in [-0.05, 0) is 55.2 Å². The topological polar surface area (TPSA) is 75.7 Å². The molecule has 1 atom stereocenters. The van der Waals surface area contributed by atoms with Crippen molar-refractivity contribution in [1.29, 1.82) is 0 Å². The predicted molar refractivity (Wildman–Crippen MR) is 111 cm³/mol. The van der Waals surface area contributed by atoms with E-state index in [0.29, 0.717) is 18.8 Å². The van der Waals surface area contributed by atoms with Gasteiger partial charge in [-0.15, -0.1) is 0 Å². The molecule has 1 heterocycles. The molecule has 0 saturated carbocycles. The Morgan fingerprint density at radius 1 is 1.17 bits per heavy atom. The SMILES string of the molecule is COc1ccc(S(=O)(=O)NC[C@H]2CCCN(C(=O)C#Cc3ccccc3)C2)cc1. The zero-order valence-corrected chi connectivity index (χ0v) is 17.1. The van der Waals surface area contributed by atoms with Crippen molar-refractivity contribution in [3.8, 4) is 17.6 Å². The maximum atomic E-state index is 12.5. The second kappa shape index (κ2) is 9.59. The summed E-state index contributed by atoms with van der Waals surface area (Å²) in [5.74, 6) is 5.99. The molecule has 1 aliphatic rings. The van der Waals surface area contributed by atoms with Crippen LogP contribution in [0.5, 0.6) is 5.75 Å². The van der Waals surface area contributed by atoms with E-state index in [4.69, 9.17) is 4.74 Å². The largest absolute Gasteiger partial charge is 0.497 e. The Bertz CT molecular complexity index is 993. The van der Waals surface area contributed by atoms with Gasteiger partial charge in [0.2, 0.25) is 10.0 Å². The Morgan fingerprint density at radius 3 is 2.59 bits per heavy atom. The van der Waals surface area contributed by atoms with Gasteiger partial charge in [-0.3, -0.25) is 4.79 Å². The lowest BCUT2D eigenvalue weighted by molar-refractivity contribution is -0.126. The minimum Gasteiger partial charge on any atom is -0.497 e. The smallest absolute Gasteiger partial charge is 0.298 e. The number of ether oxygens (including phenoxy) is 1. The minimum atomic E-state index is -3.61. The van der Waals surface area contributed by atoms with Crippen LogP contribution in [-0.4, -0.2) is 46.0 Å². The summed E-state index contributed by atoms with van der Waals surface area (Å²) >= 11 is 0. The molecule has 2 aromatic rings. The Balaban J connectivity index is 1.56. The summed E-state index contributed by atoms with van der Waals surface area (Å²) in [7, 11) is -2.08. The van der Waals surface area contributed by atoms with Crippen LogP contribution in [0.2, 0.25) is 0 Å². The fourth-order valence-electron chi connectivity index (χ4n) is 3.21. The van der Waals surface area contributed by atoms with E-state index in [0.717, 1.165) is 18.4 Å².